The van der Waals surface area contributed by atoms with Gasteiger partial charge >= 0.3 is 0 Å². The largest absolute Gasteiger partial charge is 0.374 e. The topological polar surface area (TPSA) is 77.6 Å². The summed E-state index contributed by atoms with van der Waals surface area (Å²) in [6.07, 6.45) is 3.34. The van der Waals surface area contributed by atoms with Gasteiger partial charge in [0, 0.05) is 7.05 Å². The fourth-order valence-corrected chi connectivity index (χ4v) is 2.33. The average molecular weight is 331 g/mol. The fourth-order valence-electron chi connectivity index (χ4n) is 2.10. The molecule has 3 aromatic rings. The maximum absolute atomic E-state index is 11.8. The molecule has 0 aliphatic heterocycles. The number of nitrogens with zero attached hydrogens (tertiary/aromatic N) is 5. The summed E-state index contributed by atoms with van der Waals surface area (Å²) in [5.41, 5.74) is 1.77. The van der Waals surface area contributed by atoms with Crippen molar-refractivity contribution in [1.82, 2.24) is 24.8 Å². The van der Waals surface area contributed by atoms with Crippen molar-refractivity contribution < 1.29 is 0 Å². The van der Waals surface area contributed by atoms with Gasteiger partial charge in [-0.1, -0.05) is 35.0 Å². The summed E-state index contributed by atoms with van der Waals surface area (Å²) < 4.78 is 2.88. The fraction of sp³-hybridized carbons (Fsp3) is 0.200. The van der Waals surface area contributed by atoms with Crippen LogP contribution in [0.4, 0.5) is 5.69 Å². The van der Waals surface area contributed by atoms with E-state index < -0.39 is 0 Å². The molecule has 2 heterocycles. The monoisotopic (exact) mass is 330 g/mol. The Morgan fingerprint density at radius 1 is 1.26 bits per heavy atom. The molecule has 3 rings (SSSR count). The van der Waals surface area contributed by atoms with Crippen molar-refractivity contribution in [2.45, 2.75) is 13.0 Å². The van der Waals surface area contributed by atoms with E-state index in [9.17, 15) is 4.79 Å². The van der Waals surface area contributed by atoms with Crippen molar-refractivity contribution in [2.24, 2.45) is 7.05 Å². The van der Waals surface area contributed by atoms with Gasteiger partial charge in [-0.3, -0.25) is 4.79 Å². The Labute approximate surface area is 137 Å². The minimum absolute atomic E-state index is 0.102. The molecular weight excluding hydrogens is 316 g/mol. The molecule has 1 atom stereocenters. The van der Waals surface area contributed by atoms with E-state index >= 15 is 0 Å². The van der Waals surface area contributed by atoms with Crippen LogP contribution in [0.15, 0.2) is 47.5 Å². The molecule has 2 aromatic heterocycles. The molecule has 0 aliphatic rings. The van der Waals surface area contributed by atoms with Crippen molar-refractivity contribution >= 4 is 17.3 Å². The van der Waals surface area contributed by atoms with E-state index in [0.717, 1.165) is 11.4 Å². The van der Waals surface area contributed by atoms with E-state index in [1.165, 1.54) is 10.9 Å². The summed E-state index contributed by atoms with van der Waals surface area (Å²) in [5, 5.41) is 15.5. The van der Waals surface area contributed by atoms with Crippen LogP contribution in [-0.2, 0) is 7.05 Å². The summed E-state index contributed by atoms with van der Waals surface area (Å²) in [5.74, 6) is 0. The highest BCUT2D eigenvalue weighted by atomic mass is 35.5. The highest BCUT2D eigenvalue weighted by molar-refractivity contribution is 6.32. The molecule has 0 saturated heterocycles. The maximum atomic E-state index is 11.8. The Morgan fingerprint density at radius 3 is 2.74 bits per heavy atom. The molecule has 0 radical (unpaired) electrons. The van der Waals surface area contributed by atoms with Crippen LogP contribution in [0.5, 0.6) is 0 Å². The van der Waals surface area contributed by atoms with Crippen molar-refractivity contribution in [3.63, 3.8) is 0 Å². The minimum Gasteiger partial charge on any atom is -0.374 e. The third kappa shape index (κ3) is 3.09. The third-order valence-corrected chi connectivity index (χ3v) is 3.79. The first-order valence-corrected chi connectivity index (χ1v) is 7.40. The number of anilines is 1. The Bertz CT molecular complexity index is 873. The lowest BCUT2D eigenvalue weighted by molar-refractivity contribution is 0.705. The van der Waals surface area contributed by atoms with E-state index in [-0.39, 0.29) is 16.6 Å². The zero-order valence-corrected chi connectivity index (χ0v) is 13.4. The second-order valence-corrected chi connectivity index (χ2v) is 5.47. The Balaban J connectivity index is 1.82. The number of aryl methyl sites for hydroxylation is 1. The lowest BCUT2D eigenvalue weighted by atomic mass is 10.2. The van der Waals surface area contributed by atoms with Crippen LogP contribution in [0.3, 0.4) is 0 Å². The van der Waals surface area contributed by atoms with Gasteiger partial charge in [-0.25, -0.2) is 9.36 Å². The molecule has 1 N–H and O–H groups in total. The van der Waals surface area contributed by atoms with Crippen LogP contribution in [0.1, 0.15) is 18.7 Å². The summed E-state index contributed by atoms with van der Waals surface area (Å²) >= 11 is 6.05. The van der Waals surface area contributed by atoms with Crippen LogP contribution < -0.4 is 10.9 Å². The van der Waals surface area contributed by atoms with Crippen molar-refractivity contribution in [3.8, 4) is 5.69 Å². The van der Waals surface area contributed by atoms with Gasteiger partial charge in [-0.2, -0.15) is 5.10 Å². The number of nitrogens with one attached hydrogen (secondary N) is 1. The van der Waals surface area contributed by atoms with Crippen molar-refractivity contribution in [1.29, 1.82) is 0 Å². The highest BCUT2D eigenvalue weighted by Crippen LogP contribution is 2.21. The molecule has 8 heteroatoms. The van der Waals surface area contributed by atoms with Gasteiger partial charge in [0.1, 0.15) is 10.7 Å². The maximum Gasteiger partial charge on any atom is 0.287 e. The highest BCUT2D eigenvalue weighted by Gasteiger charge is 2.14. The molecule has 118 valence electrons. The van der Waals surface area contributed by atoms with Gasteiger partial charge in [-0.15, -0.1) is 5.10 Å². The van der Waals surface area contributed by atoms with Gasteiger partial charge in [0.25, 0.3) is 5.56 Å². The lowest BCUT2D eigenvalue weighted by Gasteiger charge is -2.13. The number of benzene rings is 1. The second kappa shape index (κ2) is 6.21. The Kier molecular flexibility index (Phi) is 4.12. The number of aromatic nitrogens is 5. The minimum atomic E-state index is -0.350. The summed E-state index contributed by atoms with van der Waals surface area (Å²) in [6.45, 7) is 1.91. The standard InChI is InChI=1S/C15H15ClN6O/c1-10(18-12-8-17-21(2)15(23)14(12)16)13-9-22(20-19-13)11-6-4-3-5-7-11/h3-10,18H,1-2H3. The van der Waals surface area contributed by atoms with E-state index in [1.807, 2.05) is 43.5 Å². The average Bonchev–Trinajstić information content (AvgIpc) is 3.06. The van der Waals surface area contributed by atoms with Crippen LogP contribution >= 0.6 is 11.6 Å². The van der Waals surface area contributed by atoms with E-state index in [1.54, 1.807) is 11.7 Å². The molecule has 0 saturated carbocycles. The second-order valence-electron chi connectivity index (χ2n) is 5.09. The Hall–Kier alpha value is -2.67. The number of para-hydroxylation sites is 1. The molecule has 1 unspecified atom stereocenters. The van der Waals surface area contributed by atoms with Crippen molar-refractivity contribution in [2.75, 3.05) is 5.32 Å². The van der Waals surface area contributed by atoms with Gasteiger partial charge in [0.15, 0.2) is 0 Å². The van der Waals surface area contributed by atoms with Crippen LogP contribution in [0, 0.1) is 0 Å². The molecular formula is C15H15ClN6O. The van der Waals surface area contributed by atoms with Gasteiger partial charge in [0.05, 0.1) is 29.8 Å². The predicted molar refractivity (Wildman–Crippen MR) is 87.9 cm³/mol. The smallest absolute Gasteiger partial charge is 0.287 e. The van der Waals surface area contributed by atoms with Crippen LogP contribution in [0.2, 0.25) is 5.02 Å². The molecule has 0 bridgehead atoms. The van der Waals surface area contributed by atoms with E-state index in [2.05, 4.69) is 20.7 Å². The van der Waals surface area contributed by atoms with Gasteiger partial charge in [0.2, 0.25) is 0 Å². The van der Waals surface area contributed by atoms with Crippen molar-refractivity contribution in [3.05, 3.63) is 63.8 Å². The SMILES string of the molecule is CC(Nc1cnn(C)c(=O)c1Cl)c1cn(-c2ccccc2)nn1. The van der Waals surface area contributed by atoms with E-state index in [4.69, 9.17) is 11.6 Å². The zero-order valence-electron chi connectivity index (χ0n) is 12.6. The first-order chi connectivity index (χ1) is 11.1. The first-order valence-electron chi connectivity index (χ1n) is 7.02. The molecule has 0 spiro atoms. The number of rotatable bonds is 4. The van der Waals surface area contributed by atoms with Gasteiger partial charge < -0.3 is 5.32 Å². The first kappa shape index (κ1) is 15.2. The molecule has 23 heavy (non-hydrogen) atoms. The lowest BCUT2D eigenvalue weighted by Crippen LogP contribution is -2.21. The zero-order chi connectivity index (χ0) is 16.4. The summed E-state index contributed by atoms with van der Waals surface area (Å²) in [6, 6.07) is 9.51. The van der Waals surface area contributed by atoms with Crippen LogP contribution in [0.25, 0.3) is 5.69 Å². The number of hydrogen-bond donors (Lipinski definition) is 1. The van der Waals surface area contributed by atoms with Gasteiger partial charge in [-0.05, 0) is 19.1 Å². The molecule has 1 aromatic carbocycles. The molecule has 0 aliphatic carbocycles. The quantitative estimate of drug-likeness (QED) is 0.793. The number of hydrogen-bond acceptors (Lipinski definition) is 5. The normalized spacial score (nSPS) is 12.1. The Morgan fingerprint density at radius 2 is 2.00 bits per heavy atom. The van der Waals surface area contributed by atoms with Crippen LogP contribution in [-0.4, -0.2) is 24.8 Å². The molecule has 0 amide bonds. The summed E-state index contributed by atoms with van der Waals surface area (Å²) in [4.78, 5) is 11.8. The summed E-state index contributed by atoms with van der Waals surface area (Å²) in [7, 11) is 1.55. The van der Waals surface area contributed by atoms with E-state index in [0.29, 0.717) is 5.69 Å². The molecule has 7 nitrogen and oxygen atoms in total. The third-order valence-electron chi connectivity index (χ3n) is 3.43. The molecule has 0 fully saturated rings. The predicted octanol–water partition coefficient (Wildman–Crippen LogP) is 2.19. The number of halogens is 1.